The lowest BCUT2D eigenvalue weighted by atomic mass is 10.1. The van der Waals surface area contributed by atoms with E-state index in [2.05, 4.69) is 9.97 Å². The second-order valence-electron chi connectivity index (χ2n) is 4.39. The molecule has 0 unspecified atom stereocenters. The second-order valence-corrected chi connectivity index (χ2v) is 4.39. The quantitative estimate of drug-likeness (QED) is 0.723. The summed E-state index contributed by atoms with van der Waals surface area (Å²) in [6, 6.07) is 9.92. The predicted octanol–water partition coefficient (Wildman–Crippen LogP) is 3.45. The molecule has 0 aliphatic heterocycles. The fourth-order valence-electron chi connectivity index (χ4n) is 1.99. The van der Waals surface area contributed by atoms with Crippen LogP contribution in [0.4, 0.5) is 4.39 Å². The van der Waals surface area contributed by atoms with Crippen molar-refractivity contribution in [3.63, 3.8) is 0 Å². The first-order valence-corrected chi connectivity index (χ1v) is 5.86. The molecule has 2 aromatic carbocycles. The molecule has 0 bridgehead atoms. The summed E-state index contributed by atoms with van der Waals surface area (Å²) >= 11 is 0. The Hall–Kier alpha value is -2.49. The van der Waals surface area contributed by atoms with E-state index < -0.39 is 5.82 Å². The minimum Gasteiger partial charge on any atom is -0.507 e. The second kappa shape index (κ2) is 4.31. The Balaban J connectivity index is 2.26. The summed E-state index contributed by atoms with van der Waals surface area (Å²) in [5.41, 5.74) is 1.83. The molecule has 0 saturated heterocycles. The number of aromatic nitrogens is 2. The first kappa shape index (κ1) is 11.6. The third-order valence-electron chi connectivity index (χ3n) is 2.95. The molecule has 0 spiro atoms. The first-order valence-electron chi connectivity index (χ1n) is 5.86. The molecule has 3 rings (SSSR count). The molecule has 0 aliphatic rings. The summed E-state index contributed by atoms with van der Waals surface area (Å²) in [5.74, 6) is -0.507. The van der Waals surface area contributed by atoms with Crippen LogP contribution in [0.5, 0.6) is 5.75 Å². The van der Waals surface area contributed by atoms with Crippen molar-refractivity contribution in [2.45, 2.75) is 6.92 Å². The molecule has 1 aromatic heterocycles. The van der Waals surface area contributed by atoms with Gasteiger partial charge in [0.25, 0.3) is 0 Å². The molecule has 0 amide bonds. The van der Waals surface area contributed by atoms with Gasteiger partial charge in [-0.25, -0.2) is 14.4 Å². The number of rotatable bonds is 1. The van der Waals surface area contributed by atoms with Crippen LogP contribution in [-0.4, -0.2) is 15.1 Å². The number of hydrogen-bond donors (Lipinski definition) is 1. The monoisotopic (exact) mass is 254 g/mol. The summed E-state index contributed by atoms with van der Waals surface area (Å²) in [7, 11) is 0. The normalized spacial score (nSPS) is 10.8. The van der Waals surface area contributed by atoms with Gasteiger partial charge < -0.3 is 5.11 Å². The summed E-state index contributed by atoms with van der Waals surface area (Å²) in [5, 5.41) is 10.6. The SMILES string of the molecule is Cc1ccc2cnc(-c3c(O)cccc3F)nc2c1. The topological polar surface area (TPSA) is 46.0 Å². The number of nitrogens with zero attached hydrogens (tertiary/aromatic N) is 2. The highest BCUT2D eigenvalue weighted by Crippen LogP contribution is 2.29. The molecule has 1 N–H and O–H groups in total. The van der Waals surface area contributed by atoms with Crippen LogP contribution in [-0.2, 0) is 0 Å². The maximum atomic E-state index is 13.8. The van der Waals surface area contributed by atoms with Crippen LogP contribution in [0.2, 0.25) is 0 Å². The van der Waals surface area contributed by atoms with E-state index in [4.69, 9.17) is 0 Å². The van der Waals surface area contributed by atoms with Crippen LogP contribution >= 0.6 is 0 Å². The molecule has 94 valence electrons. The minimum absolute atomic E-state index is 0.0332. The van der Waals surface area contributed by atoms with Crippen LogP contribution in [0.25, 0.3) is 22.3 Å². The van der Waals surface area contributed by atoms with Crippen molar-refractivity contribution < 1.29 is 9.50 Å². The largest absolute Gasteiger partial charge is 0.507 e. The summed E-state index contributed by atoms with van der Waals surface area (Å²) < 4.78 is 13.8. The van der Waals surface area contributed by atoms with Crippen LogP contribution < -0.4 is 0 Å². The number of benzene rings is 2. The smallest absolute Gasteiger partial charge is 0.166 e. The summed E-state index contributed by atoms with van der Waals surface area (Å²) in [4.78, 5) is 8.43. The Morgan fingerprint density at radius 3 is 2.79 bits per heavy atom. The zero-order valence-electron chi connectivity index (χ0n) is 10.3. The van der Waals surface area contributed by atoms with E-state index in [9.17, 15) is 9.50 Å². The molecule has 3 nitrogen and oxygen atoms in total. The van der Waals surface area contributed by atoms with Gasteiger partial charge >= 0.3 is 0 Å². The van der Waals surface area contributed by atoms with Crippen molar-refractivity contribution in [3.05, 3.63) is 54.0 Å². The van der Waals surface area contributed by atoms with E-state index in [0.717, 1.165) is 16.5 Å². The van der Waals surface area contributed by atoms with Crippen LogP contribution in [0.15, 0.2) is 42.6 Å². The molecule has 3 aromatic rings. The molecule has 0 atom stereocenters. The Bertz CT molecular complexity index is 751. The van der Waals surface area contributed by atoms with Gasteiger partial charge in [-0.1, -0.05) is 18.2 Å². The van der Waals surface area contributed by atoms with Gasteiger partial charge in [0.2, 0.25) is 0 Å². The fraction of sp³-hybridized carbons (Fsp3) is 0.0667. The van der Waals surface area contributed by atoms with Crippen LogP contribution in [0.1, 0.15) is 5.56 Å². The molecule has 4 heteroatoms. The van der Waals surface area contributed by atoms with Gasteiger partial charge in [-0.2, -0.15) is 0 Å². The van der Waals surface area contributed by atoms with Gasteiger partial charge in [-0.3, -0.25) is 0 Å². The molecule has 0 aliphatic carbocycles. The van der Waals surface area contributed by atoms with Gasteiger partial charge in [0.05, 0.1) is 11.1 Å². The molecule has 1 heterocycles. The molecular weight excluding hydrogens is 243 g/mol. The summed E-state index contributed by atoms with van der Waals surface area (Å²) in [6.07, 6.45) is 1.63. The van der Waals surface area contributed by atoms with E-state index in [1.165, 1.54) is 18.2 Å². The van der Waals surface area contributed by atoms with Crippen molar-refractivity contribution in [1.82, 2.24) is 9.97 Å². The van der Waals surface area contributed by atoms with Crippen molar-refractivity contribution in [3.8, 4) is 17.1 Å². The van der Waals surface area contributed by atoms with E-state index in [0.29, 0.717) is 0 Å². The lowest BCUT2D eigenvalue weighted by molar-refractivity contribution is 0.471. The van der Waals surface area contributed by atoms with E-state index in [1.54, 1.807) is 6.20 Å². The zero-order valence-corrected chi connectivity index (χ0v) is 10.3. The van der Waals surface area contributed by atoms with Gasteiger partial charge in [0, 0.05) is 11.6 Å². The van der Waals surface area contributed by atoms with Gasteiger partial charge in [0.15, 0.2) is 5.82 Å². The molecular formula is C15H11FN2O. The molecule has 19 heavy (non-hydrogen) atoms. The Kier molecular flexibility index (Phi) is 2.63. The minimum atomic E-state index is -0.535. The van der Waals surface area contributed by atoms with E-state index in [-0.39, 0.29) is 17.1 Å². The number of hydrogen-bond acceptors (Lipinski definition) is 3. The number of phenolic OH excluding ortho intramolecular Hbond substituents is 1. The number of aryl methyl sites for hydroxylation is 1. The Morgan fingerprint density at radius 2 is 2.00 bits per heavy atom. The number of halogens is 1. The van der Waals surface area contributed by atoms with Crippen molar-refractivity contribution in [2.75, 3.05) is 0 Å². The van der Waals surface area contributed by atoms with Crippen molar-refractivity contribution in [2.24, 2.45) is 0 Å². The predicted molar refractivity (Wildman–Crippen MR) is 71.3 cm³/mol. The Morgan fingerprint density at radius 1 is 1.16 bits per heavy atom. The highest BCUT2D eigenvalue weighted by Gasteiger charge is 2.13. The average Bonchev–Trinajstić information content (AvgIpc) is 2.38. The van der Waals surface area contributed by atoms with Gasteiger partial charge in [-0.05, 0) is 30.7 Å². The number of fused-ring (bicyclic) bond motifs is 1. The van der Waals surface area contributed by atoms with Crippen LogP contribution in [0, 0.1) is 12.7 Å². The van der Waals surface area contributed by atoms with Crippen LogP contribution in [0.3, 0.4) is 0 Å². The molecule has 0 radical (unpaired) electrons. The van der Waals surface area contributed by atoms with E-state index >= 15 is 0 Å². The summed E-state index contributed by atoms with van der Waals surface area (Å²) in [6.45, 7) is 1.96. The zero-order chi connectivity index (χ0) is 13.4. The van der Waals surface area contributed by atoms with E-state index in [1.807, 2.05) is 25.1 Å². The molecule has 0 saturated carbocycles. The Labute approximate surface area is 109 Å². The maximum absolute atomic E-state index is 13.8. The lowest BCUT2D eigenvalue weighted by Crippen LogP contribution is -1.93. The van der Waals surface area contributed by atoms with Crippen molar-refractivity contribution >= 4 is 10.9 Å². The fourth-order valence-corrected chi connectivity index (χ4v) is 1.99. The molecule has 0 fully saturated rings. The first-order chi connectivity index (χ1) is 9.15. The maximum Gasteiger partial charge on any atom is 0.166 e. The van der Waals surface area contributed by atoms with Gasteiger partial charge in [-0.15, -0.1) is 0 Å². The van der Waals surface area contributed by atoms with Gasteiger partial charge in [0.1, 0.15) is 11.6 Å². The highest BCUT2D eigenvalue weighted by atomic mass is 19.1. The average molecular weight is 254 g/mol. The standard InChI is InChI=1S/C15H11FN2O/c1-9-5-6-10-8-17-15(18-12(10)7-9)14-11(16)3-2-4-13(14)19/h2-8,19H,1H3. The number of phenols is 1. The highest BCUT2D eigenvalue weighted by molar-refractivity contribution is 5.80. The third-order valence-corrected chi connectivity index (χ3v) is 2.95. The lowest BCUT2D eigenvalue weighted by Gasteiger charge is -2.06. The van der Waals surface area contributed by atoms with Crippen molar-refractivity contribution in [1.29, 1.82) is 0 Å². The third kappa shape index (κ3) is 2.01. The number of aromatic hydroxyl groups is 1.